The number of hydrogen-bond acceptors (Lipinski definition) is 5. The summed E-state index contributed by atoms with van der Waals surface area (Å²) in [6.07, 6.45) is 3.17. The molecule has 9 aromatic rings. The van der Waals surface area contributed by atoms with Gasteiger partial charge in [-0.25, -0.2) is 0 Å². The standard InChI is InChI=1S/C42H25N4O2/c1-2-10-25(11-3-1)40-44-41(46-42(45-40)32-16-9-19-36-39(32)31-14-6-7-17-34(31)47-36)30-13-5-4-12-28(30)29-15-8-18-35-38(29)33-22-27-24-43-21-20-26(27)23-37(33)48-35/h1-24,42H/q-1. The molecule has 0 fully saturated rings. The van der Waals surface area contributed by atoms with Gasteiger partial charge >= 0.3 is 0 Å². The molecule has 0 saturated carbocycles. The van der Waals surface area contributed by atoms with E-state index < -0.39 is 6.17 Å². The average Bonchev–Trinajstić information content (AvgIpc) is 3.72. The highest BCUT2D eigenvalue weighted by Crippen LogP contribution is 2.42. The molecule has 6 aromatic carbocycles. The summed E-state index contributed by atoms with van der Waals surface area (Å²) >= 11 is 0. The van der Waals surface area contributed by atoms with Gasteiger partial charge < -0.3 is 19.1 Å². The van der Waals surface area contributed by atoms with Gasteiger partial charge in [-0.3, -0.25) is 9.98 Å². The van der Waals surface area contributed by atoms with E-state index in [2.05, 4.69) is 53.5 Å². The first kappa shape index (κ1) is 26.7. The largest absolute Gasteiger partial charge is 0.456 e. The molecule has 4 heterocycles. The van der Waals surface area contributed by atoms with Gasteiger partial charge in [0, 0.05) is 44.9 Å². The van der Waals surface area contributed by atoms with E-state index in [1.807, 2.05) is 97.3 Å². The molecular weight excluding hydrogens is 592 g/mol. The molecule has 226 valence electrons. The molecule has 0 radical (unpaired) electrons. The highest BCUT2D eigenvalue weighted by atomic mass is 16.3. The fourth-order valence-corrected chi connectivity index (χ4v) is 6.98. The molecule has 0 N–H and O–H groups in total. The molecule has 6 heteroatoms. The van der Waals surface area contributed by atoms with Gasteiger partial charge in [0.25, 0.3) is 0 Å². The SMILES string of the molecule is c1ccc(C2=NC(c3ccccc3-c3cccc4oc5cc6ccncc6cc5c34)=NC(c3cccc4oc5ccccc5c34)[N-]2)cc1. The van der Waals surface area contributed by atoms with Crippen molar-refractivity contribution in [3.63, 3.8) is 0 Å². The van der Waals surface area contributed by atoms with Crippen LogP contribution in [0.1, 0.15) is 22.9 Å². The Morgan fingerprint density at radius 1 is 0.542 bits per heavy atom. The van der Waals surface area contributed by atoms with Crippen LogP contribution in [0.4, 0.5) is 0 Å². The fourth-order valence-electron chi connectivity index (χ4n) is 6.98. The van der Waals surface area contributed by atoms with Crippen molar-refractivity contribution in [2.24, 2.45) is 9.98 Å². The van der Waals surface area contributed by atoms with Crippen molar-refractivity contribution in [3.8, 4) is 11.1 Å². The second-order valence-electron chi connectivity index (χ2n) is 12.0. The van der Waals surface area contributed by atoms with Gasteiger partial charge in [0.1, 0.15) is 22.3 Å². The fraction of sp³-hybridized carbons (Fsp3) is 0.0238. The minimum atomic E-state index is -0.533. The number of amidine groups is 2. The molecule has 0 saturated heterocycles. The van der Waals surface area contributed by atoms with E-state index in [-0.39, 0.29) is 0 Å². The van der Waals surface area contributed by atoms with Gasteiger partial charge in [0.2, 0.25) is 0 Å². The molecule has 0 bridgehead atoms. The molecule has 10 rings (SSSR count). The summed E-state index contributed by atoms with van der Waals surface area (Å²) in [4.78, 5) is 14.8. The number of para-hydroxylation sites is 1. The molecule has 0 spiro atoms. The molecule has 1 unspecified atom stereocenters. The van der Waals surface area contributed by atoms with Crippen molar-refractivity contribution in [1.82, 2.24) is 4.98 Å². The zero-order valence-electron chi connectivity index (χ0n) is 25.5. The van der Waals surface area contributed by atoms with Gasteiger partial charge in [-0.05, 0) is 64.0 Å². The van der Waals surface area contributed by atoms with Crippen LogP contribution in [0.2, 0.25) is 0 Å². The van der Waals surface area contributed by atoms with Crippen LogP contribution >= 0.6 is 0 Å². The smallest absolute Gasteiger partial charge is 0.136 e. The Labute approximate surface area is 274 Å². The molecule has 1 aliphatic heterocycles. The maximum atomic E-state index is 6.42. The third kappa shape index (κ3) is 4.16. The van der Waals surface area contributed by atoms with Crippen molar-refractivity contribution in [2.45, 2.75) is 6.17 Å². The van der Waals surface area contributed by atoms with Gasteiger partial charge in [-0.2, -0.15) is 0 Å². The maximum absolute atomic E-state index is 6.42. The van der Waals surface area contributed by atoms with E-state index in [1.165, 1.54) is 0 Å². The monoisotopic (exact) mass is 617 g/mol. The number of nitrogens with zero attached hydrogens (tertiary/aromatic N) is 4. The first-order chi connectivity index (χ1) is 23.8. The summed E-state index contributed by atoms with van der Waals surface area (Å²) in [5, 5.41) is 11.5. The van der Waals surface area contributed by atoms with E-state index in [9.17, 15) is 0 Å². The quantitative estimate of drug-likeness (QED) is 0.197. The van der Waals surface area contributed by atoms with Crippen LogP contribution in [0.3, 0.4) is 0 Å². The van der Waals surface area contributed by atoms with E-state index in [4.69, 9.17) is 24.1 Å². The number of furan rings is 2. The van der Waals surface area contributed by atoms with E-state index in [1.54, 1.807) is 0 Å². The Hall–Kier alpha value is -6.53. The normalized spacial score (nSPS) is 14.9. The molecule has 0 aliphatic carbocycles. The van der Waals surface area contributed by atoms with Crippen LogP contribution in [-0.4, -0.2) is 16.7 Å². The number of rotatable bonds is 4. The van der Waals surface area contributed by atoms with Crippen LogP contribution in [0.15, 0.2) is 165 Å². The minimum absolute atomic E-state index is 0.533. The number of hydrogen-bond donors (Lipinski definition) is 0. The summed E-state index contributed by atoms with van der Waals surface area (Å²) in [7, 11) is 0. The molecule has 6 nitrogen and oxygen atoms in total. The van der Waals surface area contributed by atoms with Gasteiger partial charge in [-0.15, -0.1) is 0 Å². The third-order valence-corrected chi connectivity index (χ3v) is 9.16. The van der Waals surface area contributed by atoms with Crippen LogP contribution < -0.4 is 0 Å². The van der Waals surface area contributed by atoms with E-state index in [0.29, 0.717) is 11.7 Å². The lowest BCUT2D eigenvalue weighted by molar-refractivity contribution is 0.668. The van der Waals surface area contributed by atoms with Crippen molar-refractivity contribution in [3.05, 3.63) is 168 Å². The Morgan fingerprint density at radius 2 is 1.27 bits per heavy atom. The Morgan fingerprint density at radius 3 is 2.19 bits per heavy atom. The summed E-state index contributed by atoms with van der Waals surface area (Å²) in [5.74, 6) is 1.25. The highest BCUT2D eigenvalue weighted by molar-refractivity contribution is 6.22. The molecule has 0 amide bonds. The Bertz CT molecular complexity index is 2770. The number of aliphatic imine (C=N–C) groups is 2. The molecule has 1 atom stereocenters. The van der Waals surface area contributed by atoms with Gasteiger partial charge in [0.05, 0.1) is 12.0 Å². The number of pyridine rings is 1. The van der Waals surface area contributed by atoms with Crippen LogP contribution in [0.25, 0.3) is 71.1 Å². The lowest BCUT2D eigenvalue weighted by Crippen LogP contribution is -2.16. The second kappa shape index (κ2) is 10.5. The Balaban J connectivity index is 1.20. The summed E-state index contributed by atoms with van der Waals surface area (Å²) in [6, 6.07) is 45.2. The predicted octanol–water partition coefficient (Wildman–Crippen LogP) is 11.0. The van der Waals surface area contributed by atoms with Crippen LogP contribution in [0.5, 0.6) is 0 Å². The third-order valence-electron chi connectivity index (χ3n) is 9.16. The van der Waals surface area contributed by atoms with Crippen LogP contribution in [-0.2, 0) is 0 Å². The summed E-state index contributed by atoms with van der Waals surface area (Å²) in [6.45, 7) is 0. The van der Waals surface area contributed by atoms with Crippen molar-refractivity contribution >= 4 is 66.3 Å². The first-order valence-corrected chi connectivity index (χ1v) is 15.9. The minimum Gasteiger partial charge on any atom is -0.456 e. The van der Waals surface area contributed by atoms with E-state index in [0.717, 1.165) is 82.5 Å². The second-order valence-corrected chi connectivity index (χ2v) is 12.0. The maximum Gasteiger partial charge on any atom is 0.136 e. The highest BCUT2D eigenvalue weighted by Gasteiger charge is 2.21. The lowest BCUT2D eigenvalue weighted by atomic mass is 9.94. The predicted molar refractivity (Wildman–Crippen MR) is 194 cm³/mol. The van der Waals surface area contributed by atoms with Gasteiger partial charge in [0.15, 0.2) is 0 Å². The first-order valence-electron chi connectivity index (χ1n) is 15.9. The molecule has 48 heavy (non-hydrogen) atoms. The summed E-state index contributed by atoms with van der Waals surface area (Å²) in [5.41, 5.74) is 8.19. The topological polar surface area (TPSA) is 78.0 Å². The lowest BCUT2D eigenvalue weighted by Gasteiger charge is -2.33. The van der Waals surface area contributed by atoms with E-state index >= 15 is 0 Å². The van der Waals surface area contributed by atoms with Crippen molar-refractivity contribution in [1.29, 1.82) is 0 Å². The van der Waals surface area contributed by atoms with Crippen molar-refractivity contribution < 1.29 is 8.83 Å². The molecule has 3 aromatic heterocycles. The summed E-state index contributed by atoms with van der Waals surface area (Å²) < 4.78 is 12.7. The Kier molecular flexibility index (Phi) is 5.84. The zero-order chi connectivity index (χ0) is 31.6. The van der Waals surface area contributed by atoms with Gasteiger partial charge in [-0.1, -0.05) is 103 Å². The average molecular weight is 618 g/mol. The number of benzene rings is 6. The van der Waals surface area contributed by atoms with Crippen LogP contribution in [0, 0.1) is 0 Å². The number of fused-ring (bicyclic) bond motifs is 7. The molecule has 1 aliphatic rings. The number of aromatic nitrogens is 1. The molecular formula is C42H25N4O2-. The van der Waals surface area contributed by atoms with Crippen molar-refractivity contribution in [2.75, 3.05) is 0 Å². The zero-order valence-corrected chi connectivity index (χ0v) is 25.5.